The van der Waals surface area contributed by atoms with Gasteiger partial charge in [-0.3, -0.25) is 4.79 Å². The van der Waals surface area contributed by atoms with Gasteiger partial charge >= 0.3 is 12.1 Å². The van der Waals surface area contributed by atoms with Crippen LogP contribution in [0.1, 0.15) is 16.8 Å². The Bertz CT molecular complexity index is 558. The van der Waals surface area contributed by atoms with Crippen molar-refractivity contribution in [1.29, 1.82) is 0 Å². The normalized spacial score (nSPS) is 13.8. The fraction of sp³-hybridized carbons (Fsp3) is 0.357. The summed E-state index contributed by atoms with van der Waals surface area (Å²) < 4.78 is 9.39. The Hall–Kier alpha value is -2.57. The van der Waals surface area contributed by atoms with Gasteiger partial charge in [0.25, 0.3) is 0 Å². The number of cyclic esters (lactones) is 1. The molecule has 2 rings (SSSR count). The molecule has 0 saturated carbocycles. The summed E-state index contributed by atoms with van der Waals surface area (Å²) in [6.07, 6.45) is -0.229. The summed E-state index contributed by atoms with van der Waals surface area (Å²) in [6.45, 7) is 1.17. The molecule has 7 nitrogen and oxygen atoms in total. The number of hydrogen-bond donors (Lipinski definition) is 1. The molecule has 1 saturated heterocycles. The molecule has 1 aromatic rings. The maximum Gasteiger partial charge on any atom is 0.409 e. The molecule has 112 valence electrons. The number of nitrogens with zero attached hydrogens (tertiary/aromatic N) is 1. The molecular weight excluding hydrogens is 276 g/mol. The van der Waals surface area contributed by atoms with Crippen LogP contribution in [-0.4, -0.2) is 49.7 Å². The third-order valence-electron chi connectivity index (χ3n) is 3.02. The zero-order valence-corrected chi connectivity index (χ0v) is 11.6. The lowest BCUT2D eigenvalue weighted by atomic mass is 10.2. The first-order valence-corrected chi connectivity index (χ1v) is 6.50. The summed E-state index contributed by atoms with van der Waals surface area (Å²) in [5, 5.41) is 2.67. The number of rotatable bonds is 5. The Labute approximate surface area is 121 Å². The minimum Gasteiger partial charge on any atom is -0.465 e. The van der Waals surface area contributed by atoms with Crippen LogP contribution in [0.5, 0.6) is 0 Å². The topological polar surface area (TPSA) is 84.9 Å². The van der Waals surface area contributed by atoms with Crippen LogP contribution in [0.15, 0.2) is 24.3 Å². The molecule has 21 heavy (non-hydrogen) atoms. The summed E-state index contributed by atoms with van der Waals surface area (Å²) in [6, 6.07) is 6.46. The summed E-state index contributed by atoms with van der Waals surface area (Å²) in [5.74, 6) is -0.706. The average molecular weight is 292 g/mol. The molecular formula is C14H16N2O5. The standard InChI is InChI=1S/C14H16N2O5/c1-20-13(18)10-3-2-4-11(9-10)15-12(17)5-6-16-7-8-21-14(16)19/h2-4,9H,5-8H2,1H3,(H,15,17). The van der Waals surface area contributed by atoms with E-state index in [0.717, 1.165) is 0 Å². The molecule has 0 atom stereocenters. The first-order valence-electron chi connectivity index (χ1n) is 6.50. The van der Waals surface area contributed by atoms with Gasteiger partial charge in [-0.05, 0) is 18.2 Å². The van der Waals surface area contributed by atoms with Gasteiger partial charge in [-0.15, -0.1) is 0 Å². The van der Waals surface area contributed by atoms with Crippen molar-refractivity contribution < 1.29 is 23.9 Å². The van der Waals surface area contributed by atoms with Crippen molar-refractivity contribution in [3.63, 3.8) is 0 Å². The molecule has 7 heteroatoms. The van der Waals surface area contributed by atoms with E-state index in [9.17, 15) is 14.4 Å². The van der Waals surface area contributed by atoms with E-state index in [4.69, 9.17) is 4.74 Å². The van der Waals surface area contributed by atoms with Crippen LogP contribution >= 0.6 is 0 Å². The quantitative estimate of drug-likeness (QED) is 0.826. The highest BCUT2D eigenvalue weighted by Gasteiger charge is 2.22. The molecule has 1 fully saturated rings. The van der Waals surface area contributed by atoms with E-state index < -0.39 is 12.1 Å². The molecule has 1 heterocycles. The van der Waals surface area contributed by atoms with Crippen LogP contribution in [0.25, 0.3) is 0 Å². The predicted molar refractivity (Wildman–Crippen MR) is 73.9 cm³/mol. The van der Waals surface area contributed by atoms with E-state index in [1.165, 1.54) is 18.1 Å². The Morgan fingerprint density at radius 2 is 2.24 bits per heavy atom. The average Bonchev–Trinajstić information content (AvgIpc) is 2.90. The molecule has 0 aliphatic carbocycles. The van der Waals surface area contributed by atoms with Crippen molar-refractivity contribution >= 4 is 23.7 Å². The van der Waals surface area contributed by atoms with Gasteiger partial charge in [-0.1, -0.05) is 6.07 Å². The highest BCUT2D eigenvalue weighted by Crippen LogP contribution is 2.12. The molecule has 2 amide bonds. The van der Waals surface area contributed by atoms with Crippen LogP contribution in [0.4, 0.5) is 10.5 Å². The Balaban J connectivity index is 1.87. The van der Waals surface area contributed by atoms with Crippen molar-refractivity contribution in [2.24, 2.45) is 0 Å². The monoisotopic (exact) mass is 292 g/mol. The molecule has 0 aromatic heterocycles. The number of methoxy groups -OCH3 is 1. The fourth-order valence-corrected chi connectivity index (χ4v) is 1.93. The van der Waals surface area contributed by atoms with E-state index in [0.29, 0.717) is 30.9 Å². The highest BCUT2D eigenvalue weighted by molar-refractivity contribution is 5.94. The third-order valence-corrected chi connectivity index (χ3v) is 3.02. The second-order valence-corrected chi connectivity index (χ2v) is 4.47. The largest absolute Gasteiger partial charge is 0.465 e. The number of benzene rings is 1. The lowest BCUT2D eigenvalue weighted by molar-refractivity contribution is -0.116. The smallest absolute Gasteiger partial charge is 0.409 e. The predicted octanol–water partition coefficient (Wildman–Crippen LogP) is 1.25. The van der Waals surface area contributed by atoms with Gasteiger partial charge in [0.15, 0.2) is 0 Å². The Morgan fingerprint density at radius 1 is 1.43 bits per heavy atom. The number of carbonyl (C=O) groups excluding carboxylic acids is 3. The maximum atomic E-state index is 11.8. The lowest BCUT2D eigenvalue weighted by Crippen LogP contribution is -2.28. The number of ether oxygens (including phenoxy) is 2. The Morgan fingerprint density at radius 3 is 2.90 bits per heavy atom. The van der Waals surface area contributed by atoms with Crippen LogP contribution in [0.3, 0.4) is 0 Å². The zero-order valence-electron chi connectivity index (χ0n) is 11.6. The lowest BCUT2D eigenvalue weighted by Gasteiger charge is -2.12. The summed E-state index contributed by atoms with van der Waals surface area (Å²) >= 11 is 0. The van der Waals surface area contributed by atoms with E-state index in [1.807, 2.05) is 0 Å². The zero-order chi connectivity index (χ0) is 15.2. The second-order valence-electron chi connectivity index (χ2n) is 4.47. The maximum absolute atomic E-state index is 11.8. The van der Waals surface area contributed by atoms with E-state index in [-0.39, 0.29) is 12.3 Å². The van der Waals surface area contributed by atoms with Crippen molar-refractivity contribution in [1.82, 2.24) is 4.90 Å². The van der Waals surface area contributed by atoms with E-state index in [2.05, 4.69) is 10.1 Å². The summed E-state index contributed by atoms with van der Waals surface area (Å²) in [7, 11) is 1.29. The first kappa shape index (κ1) is 14.8. The molecule has 1 aliphatic heterocycles. The number of carbonyl (C=O) groups is 3. The van der Waals surface area contributed by atoms with Gasteiger partial charge in [-0.25, -0.2) is 9.59 Å². The van der Waals surface area contributed by atoms with Crippen LogP contribution in [0, 0.1) is 0 Å². The van der Waals surface area contributed by atoms with Gasteiger partial charge in [0.1, 0.15) is 6.61 Å². The van der Waals surface area contributed by atoms with Gasteiger partial charge in [0, 0.05) is 18.7 Å². The molecule has 1 N–H and O–H groups in total. The number of amides is 2. The minimum absolute atomic E-state index is 0.164. The number of nitrogens with one attached hydrogen (secondary N) is 1. The van der Waals surface area contributed by atoms with Crippen molar-refractivity contribution in [3.05, 3.63) is 29.8 Å². The highest BCUT2D eigenvalue weighted by atomic mass is 16.6. The Kier molecular flexibility index (Phi) is 4.76. The third kappa shape index (κ3) is 3.95. The summed E-state index contributed by atoms with van der Waals surface area (Å²) in [4.78, 5) is 35.9. The fourth-order valence-electron chi connectivity index (χ4n) is 1.93. The molecule has 1 aliphatic rings. The molecule has 0 spiro atoms. The molecule has 1 aromatic carbocycles. The van der Waals surface area contributed by atoms with Crippen LogP contribution in [0.2, 0.25) is 0 Å². The first-order chi connectivity index (χ1) is 10.1. The number of hydrogen-bond acceptors (Lipinski definition) is 5. The molecule has 0 bridgehead atoms. The summed E-state index contributed by atoms with van der Waals surface area (Å²) in [5.41, 5.74) is 0.866. The van der Waals surface area contributed by atoms with Crippen LogP contribution < -0.4 is 5.32 Å². The van der Waals surface area contributed by atoms with Gasteiger partial charge in [0.05, 0.1) is 19.2 Å². The molecule has 0 unspecified atom stereocenters. The van der Waals surface area contributed by atoms with Crippen molar-refractivity contribution in [3.8, 4) is 0 Å². The van der Waals surface area contributed by atoms with E-state index in [1.54, 1.807) is 18.2 Å². The number of anilines is 1. The van der Waals surface area contributed by atoms with Gasteiger partial charge in [-0.2, -0.15) is 0 Å². The second kappa shape index (κ2) is 6.74. The minimum atomic E-state index is -0.467. The number of esters is 1. The van der Waals surface area contributed by atoms with Gasteiger partial charge < -0.3 is 19.7 Å². The van der Waals surface area contributed by atoms with Crippen molar-refractivity contribution in [2.45, 2.75) is 6.42 Å². The van der Waals surface area contributed by atoms with E-state index >= 15 is 0 Å². The molecule has 0 radical (unpaired) electrons. The van der Waals surface area contributed by atoms with Gasteiger partial charge in [0.2, 0.25) is 5.91 Å². The van der Waals surface area contributed by atoms with Crippen molar-refractivity contribution in [2.75, 3.05) is 32.1 Å². The SMILES string of the molecule is COC(=O)c1cccc(NC(=O)CCN2CCOC2=O)c1. The van der Waals surface area contributed by atoms with Crippen LogP contribution in [-0.2, 0) is 14.3 Å².